The summed E-state index contributed by atoms with van der Waals surface area (Å²) < 4.78 is 16.7. The standard InChI is InChI=1S/C17H21O4P/c1-2-3-4-14-5-9-16(10-6-14)21-17-11-7-15(8-12-17)13-22(18,19)20/h5-12H,2-4,13H2,1H3,(H2,18,19,20). The van der Waals surface area contributed by atoms with Crippen molar-refractivity contribution in [1.82, 2.24) is 0 Å². The molecular formula is C17H21O4P. The minimum absolute atomic E-state index is 0.251. The van der Waals surface area contributed by atoms with Gasteiger partial charge in [-0.2, -0.15) is 0 Å². The fraction of sp³-hybridized carbons (Fsp3) is 0.294. The van der Waals surface area contributed by atoms with Gasteiger partial charge in [0, 0.05) is 0 Å². The van der Waals surface area contributed by atoms with Gasteiger partial charge < -0.3 is 14.5 Å². The summed E-state index contributed by atoms with van der Waals surface area (Å²) >= 11 is 0. The zero-order valence-corrected chi connectivity index (χ0v) is 13.5. The largest absolute Gasteiger partial charge is 0.457 e. The second-order valence-electron chi connectivity index (χ2n) is 5.32. The summed E-state index contributed by atoms with van der Waals surface area (Å²) in [6, 6.07) is 14.8. The van der Waals surface area contributed by atoms with Gasteiger partial charge in [0.15, 0.2) is 0 Å². The van der Waals surface area contributed by atoms with E-state index < -0.39 is 7.60 Å². The number of hydrogen-bond donors (Lipinski definition) is 2. The van der Waals surface area contributed by atoms with Crippen LogP contribution in [0.2, 0.25) is 0 Å². The minimum atomic E-state index is -4.03. The summed E-state index contributed by atoms with van der Waals surface area (Å²) in [5.41, 5.74) is 1.89. The van der Waals surface area contributed by atoms with Gasteiger partial charge in [0.05, 0.1) is 6.16 Å². The SMILES string of the molecule is CCCCc1ccc(Oc2ccc(CP(=O)(O)O)cc2)cc1. The Hall–Kier alpha value is -1.61. The maximum Gasteiger partial charge on any atom is 0.329 e. The summed E-state index contributed by atoms with van der Waals surface area (Å²) in [5.74, 6) is 1.40. The minimum Gasteiger partial charge on any atom is -0.457 e. The summed E-state index contributed by atoms with van der Waals surface area (Å²) in [6.07, 6.45) is 3.19. The van der Waals surface area contributed by atoms with E-state index in [0.717, 1.165) is 12.2 Å². The molecular weight excluding hydrogens is 299 g/mol. The molecule has 4 nitrogen and oxygen atoms in total. The van der Waals surface area contributed by atoms with Crippen molar-refractivity contribution < 1.29 is 19.1 Å². The Morgan fingerprint density at radius 3 is 1.86 bits per heavy atom. The molecule has 0 aliphatic carbocycles. The van der Waals surface area contributed by atoms with Crippen LogP contribution < -0.4 is 4.74 Å². The third kappa shape index (κ3) is 5.64. The molecule has 2 aromatic rings. The lowest BCUT2D eigenvalue weighted by atomic mass is 10.1. The first-order valence-electron chi connectivity index (χ1n) is 7.36. The van der Waals surface area contributed by atoms with Crippen LogP contribution in [-0.4, -0.2) is 9.79 Å². The third-order valence-corrected chi connectivity index (χ3v) is 4.07. The normalized spacial score (nSPS) is 11.4. The maximum absolute atomic E-state index is 10.9. The van der Waals surface area contributed by atoms with Crippen LogP contribution in [0.25, 0.3) is 0 Å². The van der Waals surface area contributed by atoms with Gasteiger partial charge in [0.2, 0.25) is 0 Å². The molecule has 0 spiro atoms. The molecule has 0 saturated heterocycles. The van der Waals surface area contributed by atoms with Gasteiger partial charge in [-0.25, -0.2) is 0 Å². The van der Waals surface area contributed by atoms with Crippen molar-refractivity contribution in [2.24, 2.45) is 0 Å². The quantitative estimate of drug-likeness (QED) is 0.737. The number of hydrogen-bond acceptors (Lipinski definition) is 2. The fourth-order valence-corrected chi connectivity index (χ4v) is 2.83. The van der Waals surface area contributed by atoms with Crippen LogP contribution in [0, 0.1) is 0 Å². The van der Waals surface area contributed by atoms with Crippen LogP contribution in [-0.2, 0) is 17.1 Å². The predicted molar refractivity (Wildman–Crippen MR) is 87.3 cm³/mol. The third-order valence-electron chi connectivity index (χ3n) is 3.29. The molecule has 0 radical (unpaired) electrons. The van der Waals surface area contributed by atoms with E-state index in [-0.39, 0.29) is 6.16 Å². The van der Waals surface area contributed by atoms with Gasteiger partial charge in [-0.1, -0.05) is 37.6 Å². The van der Waals surface area contributed by atoms with Crippen molar-refractivity contribution in [1.29, 1.82) is 0 Å². The van der Waals surface area contributed by atoms with Crippen molar-refractivity contribution >= 4 is 7.60 Å². The Morgan fingerprint density at radius 2 is 1.41 bits per heavy atom. The number of aryl methyl sites for hydroxylation is 1. The zero-order valence-electron chi connectivity index (χ0n) is 12.6. The maximum atomic E-state index is 10.9. The molecule has 2 rings (SSSR count). The molecule has 0 aliphatic rings. The Balaban J connectivity index is 1.97. The van der Waals surface area contributed by atoms with Crippen LogP contribution in [0.3, 0.4) is 0 Å². The summed E-state index contributed by atoms with van der Waals surface area (Å²) in [7, 11) is -4.03. The van der Waals surface area contributed by atoms with Crippen molar-refractivity contribution in [3.8, 4) is 11.5 Å². The van der Waals surface area contributed by atoms with Crippen LogP contribution in [0.5, 0.6) is 11.5 Å². The molecule has 0 unspecified atom stereocenters. The summed E-state index contributed by atoms with van der Waals surface area (Å²) in [6.45, 7) is 2.17. The molecule has 0 amide bonds. The van der Waals surface area contributed by atoms with Gasteiger partial charge in [0.1, 0.15) is 11.5 Å². The van der Waals surface area contributed by atoms with E-state index in [1.165, 1.54) is 18.4 Å². The number of rotatable bonds is 7. The molecule has 0 heterocycles. The molecule has 2 aromatic carbocycles. The summed E-state index contributed by atoms with van der Waals surface area (Å²) in [4.78, 5) is 17.9. The Morgan fingerprint density at radius 1 is 0.909 bits per heavy atom. The van der Waals surface area contributed by atoms with Gasteiger partial charge in [0.25, 0.3) is 0 Å². The second kappa shape index (κ2) is 7.59. The van der Waals surface area contributed by atoms with Gasteiger partial charge in [-0.05, 0) is 48.2 Å². The Labute approximate surface area is 130 Å². The van der Waals surface area contributed by atoms with Crippen LogP contribution in [0.4, 0.5) is 0 Å². The zero-order chi connectivity index (χ0) is 16.0. The van der Waals surface area contributed by atoms with Crippen molar-refractivity contribution in [3.63, 3.8) is 0 Å². The van der Waals surface area contributed by atoms with Crippen molar-refractivity contribution in [3.05, 3.63) is 59.7 Å². The van der Waals surface area contributed by atoms with Gasteiger partial charge >= 0.3 is 7.60 Å². The van der Waals surface area contributed by atoms with Crippen LogP contribution in [0.1, 0.15) is 30.9 Å². The van der Waals surface area contributed by atoms with Crippen LogP contribution in [0.15, 0.2) is 48.5 Å². The van der Waals surface area contributed by atoms with E-state index in [0.29, 0.717) is 11.3 Å². The highest BCUT2D eigenvalue weighted by atomic mass is 31.2. The highest BCUT2D eigenvalue weighted by Crippen LogP contribution is 2.39. The van der Waals surface area contributed by atoms with Crippen LogP contribution >= 0.6 is 7.60 Å². The van der Waals surface area contributed by atoms with Crippen molar-refractivity contribution in [2.45, 2.75) is 32.3 Å². The molecule has 0 atom stereocenters. The lowest BCUT2D eigenvalue weighted by molar-refractivity contribution is 0.371. The highest BCUT2D eigenvalue weighted by Gasteiger charge is 2.13. The van der Waals surface area contributed by atoms with E-state index in [1.54, 1.807) is 24.3 Å². The first kappa shape index (κ1) is 16.8. The topological polar surface area (TPSA) is 66.8 Å². The molecule has 0 fully saturated rings. The first-order chi connectivity index (χ1) is 10.5. The fourth-order valence-electron chi connectivity index (χ4n) is 2.14. The van der Waals surface area contributed by atoms with E-state index in [2.05, 4.69) is 19.1 Å². The molecule has 0 aliphatic heterocycles. The summed E-state index contributed by atoms with van der Waals surface area (Å²) in [5, 5.41) is 0. The average Bonchev–Trinajstić information content (AvgIpc) is 2.47. The predicted octanol–water partition coefficient (Wildman–Crippen LogP) is 4.50. The van der Waals surface area contributed by atoms with E-state index in [1.807, 2.05) is 12.1 Å². The molecule has 5 heteroatoms. The highest BCUT2D eigenvalue weighted by molar-refractivity contribution is 7.50. The van der Waals surface area contributed by atoms with Gasteiger partial charge in [-0.15, -0.1) is 0 Å². The Bertz CT molecular complexity index is 629. The second-order valence-corrected chi connectivity index (χ2v) is 6.96. The molecule has 0 saturated carbocycles. The average molecular weight is 320 g/mol. The van der Waals surface area contributed by atoms with Crippen molar-refractivity contribution in [2.75, 3.05) is 0 Å². The monoisotopic (exact) mass is 320 g/mol. The van der Waals surface area contributed by atoms with Gasteiger partial charge in [-0.3, -0.25) is 4.57 Å². The molecule has 118 valence electrons. The molecule has 0 aromatic heterocycles. The molecule has 0 bridgehead atoms. The van der Waals surface area contributed by atoms with E-state index in [9.17, 15) is 4.57 Å². The lowest BCUT2D eigenvalue weighted by Gasteiger charge is -2.08. The number of unbranched alkanes of at least 4 members (excludes halogenated alkanes) is 1. The number of ether oxygens (including phenoxy) is 1. The lowest BCUT2D eigenvalue weighted by Crippen LogP contribution is -1.89. The molecule has 22 heavy (non-hydrogen) atoms. The van der Waals surface area contributed by atoms with E-state index in [4.69, 9.17) is 14.5 Å². The Kier molecular flexibility index (Phi) is 5.78. The molecule has 2 N–H and O–H groups in total. The first-order valence-corrected chi connectivity index (χ1v) is 9.16. The van der Waals surface area contributed by atoms with E-state index >= 15 is 0 Å². The smallest absolute Gasteiger partial charge is 0.329 e. The number of benzene rings is 2.